The summed E-state index contributed by atoms with van der Waals surface area (Å²) in [5.74, 6) is -0.460. The first-order valence-corrected chi connectivity index (χ1v) is 7.94. The minimum absolute atomic E-state index is 0.0563. The molecule has 0 radical (unpaired) electrons. The zero-order valence-corrected chi connectivity index (χ0v) is 14.5. The molecule has 0 heterocycles. The molecule has 1 unspecified atom stereocenters. The summed E-state index contributed by atoms with van der Waals surface area (Å²) in [4.78, 5) is 23.6. The monoisotopic (exact) mass is 320 g/mol. The van der Waals surface area contributed by atoms with Gasteiger partial charge in [-0.05, 0) is 29.5 Å². The molecule has 5 nitrogen and oxygen atoms in total. The SMILES string of the molecule is COC(=O)CC(NC(=O)CCCN)c1ccc(C(C)(C)C)cc1. The van der Waals surface area contributed by atoms with Gasteiger partial charge in [0.1, 0.15) is 0 Å². The second-order valence-corrected chi connectivity index (χ2v) is 6.66. The second kappa shape index (κ2) is 8.67. The van der Waals surface area contributed by atoms with Crippen molar-refractivity contribution in [1.29, 1.82) is 0 Å². The van der Waals surface area contributed by atoms with Crippen LogP contribution >= 0.6 is 0 Å². The van der Waals surface area contributed by atoms with Crippen LogP contribution in [0, 0.1) is 0 Å². The first-order valence-electron chi connectivity index (χ1n) is 7.94. The Labute approximate surface area is 138 Å². The molecule has 0 fully saturated rings. The number of hydrogen-bond acceptors (Lipinski definition) is 4. The van der Waals surface area contributed by atoms with Crippen LogP contribution in [0.25, 0.3) is 0 Å². The van der Waals surface area contributed by atoms with Crippen molar-refractivity contribution in [1.82, 2.24) is 5.32 Å². The van der Waals surface area contributed by atoms with Crippen LogP contribution in [0.15, 0.2) is 24.3 Å². The lowest BCUT2D eigenvalue weighted by Crippen LogP contribution is -2.30. The Kier molecular flexibility index (Phi) is 7.23. The molecule has 1 rings (SSSR count). The van der Waals surface area contributed by atoms with Crippen LogP contribution in [0.1, 0.15) is 57.2 Å². The van der Waals surface area contributed by atoms with E-state index in [0.717, 1.165) is 5.56 Å². The summed E-state index contributed by atoms with van der Waals surface area (Å²) < 4.78 is 4.73. The molecule has 0 saturated carbocycles. The number of esters is 1. The van der Waals surface area contributed by atoms with Crippen molar-refractivity contribution in [2.45, 2.75) is 51.5 Å². The Balaban J connectivity index is 2.90. The maximum Gasteiger partial charge on any atom is 0.307 e. The highest BCUT2D eigenvalue weighted by Gasteiger charge is 2.20. The standard InChI is InChI=1S/C18H28N2O3/c1-18(2,3)14-9-7-13(8-10-14)15(12-17(22)23-4)20-16(21)6-5-11-19/h7-10,15H,5-6,11-12,19H2,1-4H3,(H,20,21). The van der Waals surface area contributed by atoms with Crippen LogP contribution in [0.4, 0.5) is 0 Å². The van der Waals surface area contributed by atoms with Crippen molar-refractivity contribution < 1.29 is 14.3 Å². The van der Waals surface area contributed by atoms with Gasteiger partial charge in [-0.3, -0.25) is 9.59 Å². The van der Waals surface area contributed by atoms with E-state index in [1.807, 2.05) is 24.3 Å². The Bertz CT molecular complexity index is 518. The Morgan fingerprint density at radius 3 is 2.30 bits per heavy atom. The van der Waals surface area contributed by atoms with Gasteiger partial charge >= 0.3 is 5.97 Å². The highest BCUT2D eigenvalue weighted by atomic mass is 16.5. The third-order valence-corrected chi connectivity index (χ3v) is 3.72. The molecule has 1 amide bonds. The predicted molar refractivity (Wildman–Crippen MR) is 90.9 cm³/mol. The van der Waals surface area contributed by atoms with E-state index in [4.69, 9.17) is 10.5 Å². The highest BCUT2D eigenvalue weighted by Crippen LogP contribution is 2.25. The fourth-order valence-electron chi connectivity index (χ4n) is 2.25. The van der Waals surface area contributed by atoms with E-state index in [1.165, 1.54) is 12.7 Å². The average Bonchev–Trinajstić information content (AvgIpc) is 2.51. The summed E-state index contributed by atoms with van der Waals surface area (Å²) in [6.07, 6.45) is 1.09. The summed E-state index contributed by atoms with van der Waals surface area (Å²) in [6, 6.07) is 7.59. The van der Waals surface area contributed by atoms with Gasteiger partial charge in [0.25, 0.3) is 0 Å². The van der Waals surface area contributed by atoms with Crippen LogP contribution < -0.4 is 11.1 Å². The summed E-state index contributed by atoms with van der Waals surface area (Å²) in [5, 5.41) is 2.90. The van der Waals surface area contributed by atoms with E-state index in [0.29, 0.717) is 19.4 Å². The van der Waals surface area contributed by atoms with Gasteiger partial charge in [0.05, 0.1) is 19.6 Å². The van der Waals surface area contributed by atoms with Gasteiger partial charge in [0, 0.05) is 6.42 Å². The molecule has 1 atom stereocenters. The van der Waals surface area contributed by atoms with Crippen molar-refractivity contribution >= 4 is 11.9 Å². The largest absolute Gasteiger partial charge is 0.469 e. The summed E-state index contributed by atoms with van der Waals surface area (Å²) in [7, 11) is 1.35. The number of nitrogens with one attached hydrogen (secondary N) is 1. The van der Waals surface area contributed by atoms with E-state index in [1.54, 1.807) is 0 Å². The second-order valence-electron chi connectivity index (χ2n) is 6.66. The molecule has 0 bridgehead atoms. The topological polar surface area (TPSA) is 81.4 Å². The number of carbonyl (C=O) groups is 2. The van der Waals surface area contributed by atoms with Crippen LogP contribution in [0.2, 0.25) is 0 Å². The Morgan fingerprint density at radius 1 is 1.22 bits per heavy atom. The summed E-state index contributed by atoms with van der Waals surface area (Å²) >= 11 is 0. The molecule has 1 aromatic carbocycles. The van der Waals surface area contributed by atoms with Gasteiger partial charge in [-0.1, -0.05) is 45.0 Å². The maximum atomic E-state index is 12.0. The normalized spacial score (nSPS) is 12.6. The van der Waals surface area contributed by atoms with Gasteiger partial charge in [-0.15, -0.1) is 0 Å². The van der Waals surface area contributed by atoms with Crippen molar-refractivity contribution in [3.8, 4) is 0 Å². The number of nitrogens with two attached hydrogens (primary N) is 1. The van der Waals surface area contributed by atoms with Crippen molar-refractivity contribution in [3.05, 3.63) is 35.4 Å². The van der Waals surface area contributed by atoms with Crippen LogP contribution in [0.3, 0.4) is 0 Å². The molecule has 1 aromatic rings. The third kappa shape index (κ3) is 6.40. The lowest BCUT2D eigenvalue weighted by atomic mass is 9.86. The number of rotatable bonds is 7. The first kappa shape index (κ1) is 19.2. The van der Waals surface area contributed by atoms with Gasteiger partial charge < -0.3 is 15.8 Å². The zero-order valence-electron chi connectivity index (χ0n) is 14.5. The van der Waals surface area contributed by atoms with Crippen LogP contribution in [-0.4, -0.2) is 25.5 Å². The fourth-order valence-corrected chi connectivity index (χ4v) is 2.25. The zero-order chi connectivity index (χ0) is 17.5. The number of methoxy groups -OCH3 is 1. The van der Waals surface area contributed by atoms with Crippen molar-refractivity contribution in [3.63, 3.8) is 0 Å². The highest BCUT2D eigenvalue weighted by molar-refractivity contribution is 5.78. The van der Waals surface area contributed by atoms with E-state index >= 15 is 0 Å². The maximum absolute atomic E-state index is 12.0. The molecule has 0 spiro atoms. The fraction of sp³-hybridized carbons (Fsp3) is 0.556. The first-order chi connectivity index (χ1) is 10.8. The summed E-state index contributed by atoms with van der Waals surface area (Å²) in [6.45, 7) is 6.89. The van der Waals surface area contributed by atoms with E-state index < -0.39 is 0 Å². The van der Waals surface area contributed by atoms with Crippen molar-refractivity contribution in [2.75, 3.05) is 13.7 Å². The number of hydrogen-bond donors (Lipinski definition) is 2. The lowest BCUT2D eigenvalue weighted by molar-refractivity contribution is -0.141. The molecule has 0 aromatic heterocycles. The smallest absolute Gasteiger partial charge is 0.307 e. The van der Waals surface area contributed by atoms with Crippen LogP contribution in [0.5, 0.6) is 0 Å². The molecule has 0 aliphatic rings. The van der Waals surface area contributed by atoms with E-state index in [-0.39, 0.29) is 29.8 Å². The molecule has 0 aliphatic carbocycles. The lowest BCUT2D eigenvalue weighted by Gasteiger charge is -2.22. The van der Waals surface area contributed by atoms with Gasteiger partial charge in [-0.2, -0.15) is 0 Å². The van der Waals surface area contributed by atoms with Gasteiger partial charge in [0.15, 0.2) is 0 Å². The average molecular weight is 320 g/mol. The van der Waals surface area contributed by atoms with E-state index in [2.05, 4.69) is 26.1 Å². The molecule has 128 valence electrons. The molecule has 3 N–H and O–H groups in total. The molecular weight excluding hydrogens is 292 g/mol. The van der Waals surface area contributed by atoms with E-state index in [9.17, 15) is 9.59 Å². The molecule has 23 heavy (non-hydrogen) atoms. The number of ether oxygens (including phenoxy) is 1. The predicted octanol–water partition coefficient (Wildman–Crippen LogP) is 2.44. The minimum Gasteiger partial charge on any atom is -0.469 e. The van der Waals surface area contributed by atoms with Crippen molar-refractivity contribution in [2.24, 2.45) is 5.73 Å². The van der Waals surface area contributed by atoms with Gasteiger partial charge in [-0.25, -0.2) is 0 Å². The number of amides is 1. The van der Waals surface area contributed by atoms with Gasteiger partial charge in [0.2, 0.25) is 5.91 Å². The Morgan fingerprint density at radius 2 is 1.83 bits per heavy atom. The number of carbonyl (C=O) groups excluding carboxylic acids is 2. The minimum atomic E-state index is -0.387. The van der Waals surface area contributed by atoms with Crippen LogP contribution in [-0.2, 0) is 19.7 Å². The Hall–Kier alpha value is -1.88. The number of benzene rings is 1. The molecular formula is C18H28N2O3. The third-order valence-electron chi connectivity index (χ3n) is 3.72. The quantitative estimate of drug-likeness (QED) is 0.756. The molecule has 5 heteroatoms. The molecule has 0 saturated heterocycles. The molecule has 0 aliphatic heterocycles. The summed E-state index contributed by atoms with van der Waals surface area (Å²) in [5.41, 5.74) is 7.58.